The Hall–Kier alpha value is -1.96. The molecule has 1 N–H and O–H groups in total. The van der Waals surface area contributed by atoms with Crippen molar-refractivity contribution in [1.29, 1.82) is 0 Å². The second-order valence-electron chi connectivity index (χ2n) is 5.04. The molecule has 0 aliphatic heterocycles. The molecular weight excluding hydrogens is 328 g/mol. The van der Waals surface area contributed by atoms with Crippen molar-refractivity contribution in [2.75, 3.05) is 11.3 Å². The number of carbonyl (C=O) groups excluding carboxylic acids is 1. The van der Waals surface area contributed by atoms with Gasteiger partial charge in [0.15, 0.2) is 0 Å². The Bertz CT molecular complexity index is 711. The second kappa shape index (κ2) is 7.08. The lowest BCUT2D eigenvalue weighted by atomic mass is 9.99. The molecule has 1 atom stereocenters. The summed E-state index contributed by atoms with van der Waals surface area (Å²) in [5.41, 5.74) is -0.747. The summed E-state index contributed by atoms with van der Waals surface area (Å²) in [6.45, 7) is 1.72. The number of esters is 1. The van der Waals surface area contributed by atoms with Gasteiger partial charge in [-0.2, -0.15) is 0 Å². The van der Waals surface area contributed by atoms with Crippen molar-refractivity contribution in [3.8, 4) is 0 Å². The largest absolute Gasteiger partial charge is 0.463 e. The minimum Gasteiger partial charge on any atom is -0.463 e. The van der Waals surface area contributed by atoms with E-state index in [1.165, 1.54) is 6.08 Å². The molecule has 5 nitrogen and oxygen atoms in total. The van der Waals surface area contributed by atoms with Crippen LogP contribution >= 0.6 is 0 Å². The summed E-state index contributed by atoms with van der Waals surface area (Å²) in [7, 11) is -4.19. The van der Waals surface area contributed by atoms with E-state index < -0.39 is 38.6 Å². The van der Waals surface area contributed by atoms with Gasteiger partial charge in [0.05, 0.1) is 12.2 Å². The number of allylic oxidation sites excluding steroid dienone is 1. The van der Waals surface area contributed by atoms with E-state index >= 15 is 0 Å². The minimum absolute atomic E-state index is 0.00217. The van der Waals surface area contributed by atoms with Crippen molar-refractivity contribution in [1.82, 2.24) is 0 Å². The van der Waals surface area contributed by atoms with Gasteiger partial charge >= 0.3 is 5.97 Å². The number of nitrogens with one attached hydrogen (secondary N) is 1. The zero-order chi connectivity index (χ0) is 17.0. The Morgan fingerprint density at radius 1 is 1.35 bits per heavy atom. The summed E-state index contributed by atoms with van der Waals surface area (Å²) in [6.07, 6.45) is 2.78. The van der Waals surface area contributed by atoms with Gasteiger partial charge in [-0.25, -0.2) is 22.0 Å². The highest BCUT2D eigenvalue weighted by Gasteiger charge is 2.36. The molecule has 1 aliphatic carbocycles. The number of hydrogen-bond acceptors (Lipinski definition) is 4. The molecule has 126 valence electrons. The lowest BCUT2D eigenvalue weighted by molar-refractivity contribution is -0.138. The molecule has 0 amide bonds. The van der Waals surface area contributed by atoms with Crippen molar-refractivity contribution in [2.45, 2.75) is 31.4 Å². The average molecular weight is 345 g/mol. The molecule has 1 unspecified atom stereocenters. The third kappa shape index (κ3) is 3.87. The van der Waals surface area contributed by atoms with Gasteiger partial charge in [-0.15, -0.1) is 0 Å². The molecule has 8 heteroatoms. The van der Waals surface area contributed by atoms with Crippen LogP contribution in [0.5, 0.6) is 0 Å². The number of hydrogen-bond donors (Lipinski definition) is 1. The van der Waals surface area contributed by atoms with Gasteiger partial charge in [0.1, 0.15) is 22.6 Å². The van der Waals surface area contributed by atoms with Crippen LogP contribution in [0.15, 0.2) is 29.8 Å². The van der Waals surface area contributed by atoms with E-state index in [0.29, 0.717) is 12.8 Å². The highest BCUT2D eigenvalue weighted by molar-refractivity contribution is 7.93. The Balaban J connectivity index is 2.32. The maximum Gasteiger partial charge on any atom is 0.335 e. The van der Waals surface area contributed by atoms with Gasteiger partial charge in [0.2, 0.25) is 10.0 Å². The normalized spacial score (nSPS) is 18.2. The Morgan fingerprint density at radius 2 is 2.00 bits per heavy atom. The summed E-state index contributed by atoms with van der Waals surface area (Å²) in [6, 6.07) is 3.03. The number of benzene rings is 1. The Labute approximate surface area is 133 Å². The van der Waals surface area contributed by atoms with Gasteiger partial charge in [-0.3, -0.25) is 4.72 Å². The van der Waals surface area contributed by atoms with E-state index in [0.717, 1.165) is 18.2 Å². The summed E-state index contributed by atoms with van der Waals surface area (Å²) in [4.78, 5) is 11.9. The monoisotopic (exact) mass is 345 g/mol. The Morgan fingerprint density at radius 3 is 2.61 bits per heavy atom. The van der Waals surface area contributed by atoms with Crippen LogP contribution in [-0.2, 0) is 19.6 Å². The fraction of sp³-hybridized carbons (Fsp3) is 0.400. The molecule has 0 saturated carbocycles. The quantitative estimate of drug-likeness (QED) is 0.833. The SMILES string of the molecule is CCOC(=O)C1=CCCCC1S(=O)(=O)Nc1c(F)cccc1F. The molecule has 0 heterocycles. The van der Waals surface area contributed by atoms with E-state index in [1.54, 1.807) is 6.92 Å². The summed E-state index contributed by atoms with van der Waals surface area (Å²) in [5, 5.41) is -1.20. The Kier molecular flexibility index (Phi) is 5.35. The fourth-order valence-corrected chi connectivity index (χ4v) is 4.03. The van der Waals surface area contributed by atoms with Crippen LogP contribution in [0.1, 0.15) is 26.2 Å². The number of sulfonamides is 1. The number of carbonyl (C=O) groups is 1. The van der Waals surface area contributed by atoms with E-state index in [4.69, 9.17) is 4.74 Å². The molecule has 0 spiro atoms. The van der Waals surface area contributed by atoms with Crippen LogP contribution in [0.3, 0.4) is 0 Å². The molecule has 0 radical (unpaired) electrons. The van der Waals surface area contributed by atoms with Crippen LogP contribution in [0, 0.1) is 11.6 Å². The zero-order valence-corrected chi connectivity index (χ0v) is 13.3. The second-order valence-corrected chi connectivity index (χ2v) is 6.91. The van der Waals surface area contributed by atoms with Crippen molar-refractivity contribution in [3.63, 3.8) is 0 Å². The van der Waals surface area contributed by atoms with Gasteiger partial charge in [-0.05, 0) is 38.3 Å². The maximum atomic E-state index is 13.7. The van der Waals surface area contributed by atoms with Crippen molar-refractivity contribution < 1.29 is 26.7 Å². The highest BCUT2D eigenvalue weighted by atomic mass is 32.2. The lowest BCUT2D eigenvalue weighted by Gasteiger charge is -2.23. The molecule has 0 bridgehead atoms. The van der Waals surface area contributed by atoms with Crippen molar-refractivity contribution in [3.05, 3.63) is 41.5 Å². The van der Waals surface area contributed by atoms with Crippen LogP contribution in [0.4, 0.5) is 14.5 Å². The standard InChI is InChI=1S/C15H17F2NO4S/c1-2-22-15(19)10-6-3-4-9-13(10)23(20,21)18-14-11(16)7-5-8-12(14)17/h5-8,13,18H,2-4,9H2,1H3. The maximum absolute atomic E-state index is 13.7. The first-order valence-electron chi connectivity index (χ1n) is 7.19. The van der Waals surface area contributed by atoms with Crippen molar-refractivity contribution >= 4 is 21.7 Å². The average Bonchev–Trinajstić information content (AvgIpc) is 2.51. The number of anilines is 1. The third-order valence-electron chi connectivity index (χ3n) is 3.47. The molecule has 1 aromatic rings. The summed E-state index contributed by atoms with van der Waals surface area (Å²) < 4.78 is 59.1. The minimum atomic E-state index is -4.19. The molecular formula is C15H17F2NO4S. The van der Waals surface area contributed by atoms with Gasteiger partial charge in [0, 0.05) is 0 Å². The first kappa shape index (κ1) is 17.4. The van der Waals surface area contributed by atoms with Crippen LogP contribution < -0.4 is 4.72 Å². The van der Waals surface area contributed by atoms with E-state index in [1.807, 2.05) is 4.72 Å². The first-order chi connectivity index (χ1) is 10.9. The predicted octanol–water partition coefficient (Wildman–Crippen LogP) is 2.75. The molecule has 1 aromatic carbocycles. The topological polar surface area (TPSA) is 72.5 Å². The molecule has 0 saturated heterocycles. The number of para-hydroxylation sites is 1. The smallest absolute Gasteiger partial charge is 0.335 e. The fourth-order valence-electron chi connectivity index (χ4n) is 2.41. The molecule has 1 aliphatic rings. The molecule has 2 rings (SSSR count). The number of ether oxygens (including phenoxy) is 1. The van der Waals surface area contributed by atoms with Crippen LogP contribution in [0.25, 0.3) is 0 Å². The van der Waals surface area contributed by atoms with E-state index in [9.17, 15) is 22.0 Å². The zero-order valence-electron chi connectivity index (χ0n) is 12.5. The van der Waals surface area contributed by atoms with E-state index in [2.05, 4.69) is 0 Å². The third-order valence-corrected chi connectivity index (χ3v) is 5.20. The van der Waals surface area contributed by atoms with Gasteiger partial charge < -0.3 is 4.74 Å². The molecule has 0 fully saturated rings. The summed E-state index contributed by atoms with van der Waals surface area (Å²) in [5.74, 6) is -2.77. The number of rotatable bonds is 5. The van der Waals surface area contributed by atoms with Crippen LogP contribution in [-0.4, -0.2) is 26.2 Å². The number of halogens is 2. The predicted molar refractivity (Wildman–Crippen MR) is 81.3 cm³/mol. The molecule has 0 aromatic heterocycles. The van der Waals surface area contributed by atoms with Gasteiger partial charge in [-0.1, -0.05) is 12.1 Å². The van der Waals surface area contributed by atoms with Crippen molar-refractivity contribution in [2.24, 2.45) is 0 Å². The first-order valence-corrected chi connectivity index (χ1v) is 8.74. The lowest BCUT2D eigenvalue weighted by Crippen LogP contribution is -2.35. The summed E-state index contributed by atoms with van der Waals surface area (Å²) >= 11 is 0. The molecule has 23 heavy (non-hydrogen) atoms. The van der Waals surface area contributed by atoms with Gasteiger partial charge in [0.25, 0.3) is 0 Å². The van der Waals surface area contributed by atoms with E-state index in [-0.39, 0.29) is 18.6 Å². The highest BCUT2D eigenvalue weighted by Crippen LogP contribution is 2.29. The van der Waals surface area contributed by atoms with Crippen LogP contribution in [0.2, 0.25) is 0 Å².